The number of aromatic amines is 1. The third kappa shape index (κ3) is 2.46. The number of benzene rings is 1. The lowest BCUT2D eigenvalue weighted by Gasteiger charge is -2.00. The zero-order chi connectivity index (χ0) is 14.8. The number of rotatable bonds is 4. The first kappa shape index (κ1) is 12.9. The molecular weight excluding hydrogens is 276 g/mol. The molecule has 3 rings (SSSR count). The summed E-state index contributed by atoms with van der Waals surface area (Å²) >= 11 is 0. The number of furan rings is 1. The smallest absolute Gasteiger partial charge is 0.272 e. The van der Waals surface area contributed by atoms with E-state index in [9.17, 15) is 14.9 Å². The SMILES string of the molecule is O=C(NCc1ccco1)c1n[nH]c2ccc([N+](=O)[O-])cc12. The number of H-pyrrole nitrogens is 1. The molecule has 0 aliphatic rings. The molecule has 106 valence electrons. The topological polar surface area (TPSA) is 114 Å². The molecule has 1 amide bonds. The van der Waals surface area contributed by atoms with Crippen LogP contribution >= 0.6 is 0 Å². The maximum absolute atomic E-state index is 12.1. The summed E-state index contributed by atoms with van der Waals surface area (Å²) in [5.41, 5.74) is 0.577. The number of nitro groups is 1. The van der Waals surface area contributed by atoms with Gasteiger partial charge >= 0.3 is 0 Å². The molecule has 0 radical (unpaired) electrons. The van der Waals surface area contributed by atoms with E-state index in [0.717, 1.165) is 0 Å². The van der Waals surface area contributed by atoms with E-state index in [-0.39, 0.29) is 17.9 Å². The molecular formula is C13H10N4O4. The van der Waals surface area contributed by atoms with E-state index in [2.05, 4.69) is 15.5 Å². The van der Waals surface area contributed by atoms with Gasteiger partial charge in [-0.05, 0) is 18.2 Å². The van der Waals surface area contributed by atoms with Crippen LogP contribution < -0.4 is 5.32 Å². The van der Waals surface area contributed by atoms with Crippen LogP contribution in [0.4, 0.5) is 5.69 Å². The lowest BCUT2D eigenvalue weighted by molar-refractivity contribution is -0.384. The molecule has 0 saturated heterocycles. The van der Waals surface area contributed by atoms with Crippen molar-refractivity contribution < 1.29 is 14.1 Å². The molecule has 2 N–H and O–H groups in total. The predicted octanol–water partition coefficient (Wildman–Crippen LogP) is 1.99. The van der Waals surface area contributed by atoms with E-state index >= 15 is 0 Å². The van der Waals surface area contributed by atoms with Crippen molar-refractivity contribution in [1.82, 2.24) is 15.5 Å². The number of nitrogens with one attached hydrogen (secondary N) is 2. The van der Waals surface area contributed by atoms with Crippen molar-refractivity contribution in [2.24, 2.45) is 0 Å². The molecule has 8 heteroatoms. The summed E-state index contributed by atoms with van der Waals surface area (Å²) in [6, 6.07) is 7.64. The van der Waals surface area contributed by atoms with Crippen LogP contribution in [0.5, 0.6) is 0 Å². The third-order valence-electron chi connectivity index (χ3n) is 2.98. The molecule has 0 saturated carbocycles. The Kier molecular flexibility index (Phi) is 3.11. The summed E-state index contributed by atoms with van der Waals surface area (Å²) < 4.78 is 5.11. The third-order valence-corrected chi connectivity index (χ3v) is 2.98. The fraction of sp³-hybridized carbons (Fsp3) is 0.0769. The van der Waals surface area contributed by atoms with E-state index in [1.807, 2.05) is 0 Å². The number of nitro benzene ring substituents is 1. The van der Waals surface area contributed by atoms with E-state index < -0.39 is 10.8 Å². The number of hydrogen-bond acceptors (Lipinski definition) is 5. The molecule has 0 fully saturated rings. The molecule has 0 unspecified atom stereocenters. The predicted molar refractivity (Wildman–Crippen MR) is 72.6 cm³/mol. The van der Waals surface area contributed by atoms with Crippen LogP contribution in [0.3, 0.4) is 0 Å². The Morgan fingerprint density at radius 3 is 3.00 bits per heavy atom. The number of hydrogen-bond donors (Lipinski definition) is 2. The number of carbonyl (C=O) groups is 1. The van der Waals surface area contributed by atoms with Gasteiger partial charge in [-0.2, -0.15) is 5.10 Å². The number of fused-ring (bicyclic) bond motifs is 1. The largest absolute Gasteiger partial charge is 0.467 e. The van der Waals surface area contributed by atoms with Crippen LogP contribution in [0, 0.1) is 10.1 Å². The van der Waals surface area contributed by atoms with Crippen molar-refractivity contribution in [2.45, 2.75) is 6.54 Å². The van der Waals surface area contributed by atoms with Crippen molar-refractivity contribution >= 4 is 22.5 Å². The first-order valence-corrected chi connectivity index (χ1v) is 6.08. The Morgan fingerprint density at radius 2 is 2.29 bits per heavy atom. The van der Waals surface area contributed by atoms with Gasteiger partial charge in [0.05, 0.1) is 23.2 Å². The quantitative estimate of drug-likeness (QED) is 0.562. The molecule has 2 heterocycles. The van der Waals surface area contributed by atoms with Gasteiger partial charge in [0.1, 0.15) is 5.76 Å². The van der Waals surface area contributed by atoms with E-state index in [1.165, 1.54) is 24.5 Å². The van der Waals surface area contributed by atoms with Gasteiger partial charge in [0.15, 0.2) is 5.69 Å². The van der Waals surface area contributed by atoms with Gasteiger partial charge in [0, 0.05) is 17.5 Å². The van der Waals surface area contributed by atoms with Gasteiger partial charge in [-0.25, -0.2) is 0 Å². The van der Waals surface area contributed by atoms with Gasteiger partial charge < -0.3 is 9.73 Å². The first-order valence-electron chi connectivity index (χ1n) is 6.08. The highest BCUT2D eigenvalue weighted by molar-refractivity contribution is 6.05. The molecule has 0 spiro atoms. The Morgan fingerprint density at radius 1 is 1.43 bits per heavy atom. The zero-order valence-corrected chi connectivity index (χ0v) is 10.7. The number of nitrogens with zero attached hydrogens (tertiary/aromatic N) is 2. The maximum Gasteiger partial charge on any atom is 0.272 e. The summed E-state index contributed by atoms with van der Waals surface area (Å²) in [5, 5.41) is 20.4. The summed E-state index contributed by atoms with van der Waals surface area (Å²) in [7, 11) is 0. The Hall–Kier alpha value is -3.16. The Bertz CT molecular complexity index is 807. The Balaban J connectivity index is 1.87. The van der Waals surface area contributed by atoms with E-state index in [1.54, 1.807) is 12.1 Å². The minimum Gasteiger partial charge on any atom is -0.467 e. The number of aromatic nitrogens is 2. The van der Waals surface area contributed by atoms with Crippen molar-refractivity contribution in [3.63, 3.8) is 0 Å². The van der Waals surface area contributed by atoms with Crippen molar-refractivity contribution in [1.29, 1.82) is 0 Å². The lowest BCUT2D eigenvalue weighted by Crippen LogP contribution is -2.23. The summed E-state index contributed by atoms with van der Waals surface area (Å²) in [6.45, 7) is 0.217. The van der Waals surface area contributed by atoms with Crippen molar-refractivity contribution in [3.05, 3.63) is 58.2 Å². The molecule has 2 aromatic heterocycles. The van der Waals surface area contributed by atoms with Crippen LogP contribution in [0.25, 0.3) is 10.9 Å². The normalized spacial score (nSPS) is 10.7. The zero-order valence-electron chi connectivity index (χ0n) is 10.7. The molecule has 8 nitrogen and oxygen atoms in total. The maximum atomic E-state index is 12.1. The molecule has 0 atom stereocenters. The average Bonchev–Trinajstić information content (AvgIpc) is 3.13. The second-order valence-corrected chi connectivity index (χ2v) is 4.32. The van der Waals surface area contributed by atoms with Crippen molar-refractivity contribution in [2.75, 3.05) is 0 Å². The first-order chi connectivity index (χ1) is 10.1. The lowest BCUT2D eigenvalue weighted by atomic mass is 10.2. The van der Waals surface area contributed by atoms with Gasteiger partial charge in [-0.1, -0.05) is 0 Å². The highest BCUT2D eigenvalue weighted by Crippen LogP contribution is 2.22. The van der Waals surface area contributed by atoms with Crippen LogP contribution in [-0.4, -0.2) is 21.0 Å². The minimum atomic E-state index is -0.517. The number of amides is 1. The van der Waals surface area contributed by atoms with Crippen LogP contribution in [0.2, 0.25) is 0 Å². The summed E-state index contributed by atoms with van der Waals surface area (Å²) in [5.74, 6) is 0.173. The van der Waals surface area contributed by atoms with Gasteiger partial charge in [-0.3, -0.25) is 20.0 Å². The van der Waals surface area contributed by atoms with E-state index in [4.69, 9.17) is 4.42 Å². The standard InChI is InChI=1S/C13H10N4O4/c18-13(14-7-9-2-1-5-21-9)12-10-6-8(17(19)20)3-4-11(10)15-16-12/h1-6H,7H2,(H,14,18)(H,15,16). The van der Waals surface area contributed by atoms with Gasteiger partial charge in [-0.15, -0.1) is 0 Å². The van der Waals surface area contributed by atoms with Gasteiger partial charge in [0.25, 0.3) is 11.6 Å². The molecule has 3 aromatic rings. The fourth-order valence-corrected chi connectivity index (χ4v) is 1.95. The monoisotopic (exact) mass is 286 g/mol. The van der Waals surface area contributed by atoms with Gasteiger partial charge in [0.2, 0.25) is 0 Å². The summed E-state index contributed by atoms with van der Waals surface area (Å²) in [6.07, 6.45) is 1.51. The average molecular weight is 286 g/mol. The summed E-state index contributed by atoms with van der Waals surface area (Å²) in [4.78, 5) is 22.4. The molecule has 1 aromatic carbocycles. The second-order valence-electron chi connectivity index (χ2n) is 4.32. The molecule has 0 aliphatic carbocycles. The highest BCUT2D eigenvalue weighted by atomic mass is 16.6. The minimum absolute atomic E-state index is 0.0935. The molecule has 0 aliphatic heterocycles. The number of non-ortho nitro benzene ring substituents is 1. The molecule has 21 heavy (non-hydrogen) atoms. The second kappa shape index (κ2) is 5.08. The highest BCUT2D eigenvalue weighted by Gasteiger charge is 2.17. The number of carbonyl (C=O) groups excluding carboxylic acids is 1. The van der Waals surface area contributed by atoms with Crippen LogP contribution in [0.1, 0.15) is 16.2 Å². The molecule has 0 bridgehead atoms. The van der Waals surface area contributed by atoms with Crippen LogP contribution in [-0.2, 0) is 6.54 Å². The van der Waals surface area contributed by atoms with Crippen LogP contribution in [0.15, 0.2) is 41.0 Å². The van der Waals surface area contributed by atoms with E-state index in [0.29, 0.717) is 16.7 Å². The Labute approximate surface area is 117 Å². The van der Waals surface area contributed by atoms with Crippen molar-refractivity contribution in [3.8, 4) is 0 Å². The fourth-order valence-electron chi connectivity index (χ4n) is 1.95.